The summed E-state index contributed by atoms with van der Waals surface area (Å²) in [6.45, 7) is 1.67. The molecule has 4 amide bonds. The highest BCUT2D eigenvalue weighted by atomic mass is 32.1. The molecule has 0 aromatic carbocycles. The molecule has 1 saturated heterocycles. The van der Waals surface area contributed by atoms with Crippen molar-refractivity contribution in [2.45, 2.75) is 19.8 Å². The number of aryl methyl sites for hydroxylation is 1. The molecule has 1 aliphatic carbocycles. The number of nitrogens with zero attached hydrogens (tertiary/aromatic N) is 3. The largest absolute Gasteiger partial charge is 0.337 e. The zero-order valence-corrected chi connectivity index (χ0v) is 9.71. The normalized spacial score (nSPS) is 21.9. The summed E-state index contributed by atoms with van der Waals surface area (Å²) in [6.07, 6.45) is 0.971. The van der Waals surface area contributed by atoms with Crippen LogP contribution in [0.25, 0.3) is 0 Å². The Balaban J connectivity index is 2.02. The number of nitrogens with one attached hydrogen (secondary N) is 1. The summed E-state index contributed by atoms with van der Waals surface area (Å²) in [6, 6.07) is -0.742. The number of hydrogen-bond donors (Lipinski definition) is 1. The van der Waals surface area contributed by atoms with Crippen molar-refractivity contribution in [3.05, 3.63) is 5.82 Å². The third-order valence-corrected chi connectivity index (χ3v) is 3.72. The predicted octanol–water partition coefficient (Wildman–Crippen LogP) is 0.210. The molecule has 2 aliphatic rings. The standard InChI is InChI=1S/C9H8N4O3S/c1-4-10-8(17-12-4)13-6(15)9(2-3-9)5(14)11-7(13)16/h2-3H2,1H3,(H,11,14,16). The van der Waals surface area contributed by atoms with E-state index in [1.54, 1.807) is 6.92 Å². The van der Waals surface area contributed by atoms with E-state index in [1.807, 2.05) is 0 Å². The Morgan fingerprint density at radius 2 is 2.06 bits per heavy atom. The maximum atomic E-state index is 12.1. The van der Waals surface area contributed by atoms with Gasteiger partial charge in [0.15, 0.2) is 0 Å². The van der Waals surface area contributed by atoms with Gasteiger partial charge in [-0.1, -0.05) is 0 Å². The van der Waals surface area contributed by atoms with E-state index in [4.69, 9.17) is 0 Å². The minimum absolute atomic E-state index is 0.212. The van der Waals surface area contributed by atoms with E-state index < -0.39 is 23.3 Å². The van der Waals surface area contributed by atoms with E-state index in [0.29, 0.717) is 18.7 Å². The Morgan fingerprint density at radius 1 is 1.35 bits per heavy atom. The molecule has 1 aromatic heterocycles. The van der Waals surface area contributed by atoms with Crippen LogP contribution in [0.3, 0.4) is 0 Å². The highest BCUT2D eigenvalue weighted by molar-refractivity contribution is 7.10. The van der Waals surface area contributed by atoms with Crippen LogP contribution in [0.4, 0.5) is 9.93 Å². The van der Waals surface area contributed by atoms with Crippen LogP contribution in [0.5, 0.6) is 0 Å². The molecule has 0 unspecified atom stereocenters. The van der Waals surface area contributed by atoms with Gasteiger partial charge in [0.25, 0.3) is 5.91 Å². The van der Waals surface area contributed by atoms with E-state index in [2.05, 4.69) is 14.7 Å². The maximum Gasteiger partial charge on any atom is 0.337 e. The van der Waals surface area contributed by atoms with Crippen molar-refractivity contribution in [1.82, 2.24) is 14.7 Å². The number of rotatable bonds is 1. The number of amides is 4. The first-order valence-corrected chi connectivity index (χ1v) is 5.82. The van der Waals surface area contributed by atoms with E-state index in [0.717, 1.165) is 16.4 Å². The van der Waals surface area contributed by atoms with Crippen LogP contribution in [-0.2, 0) is 9.59 Å². The van der Waals surface area contributed by atoms with Crippen LogP contribution in [0.15, 0.2) is 0 Å². The van der Waals surface area contributed by atoms with Crippen LogP contribution < -0.4 is 10.2 Å². The number of carbonyl (C=O) groups is 3. The lowest BCUT2D eigenvalue weighted by atomic mass is 10.0. The van der Waals surface area contributed by atoms with Gasteiger partial charge in [-0.3, -0.25) is 14.9 Å². The van der Waals surface area contributed by atoms with Gasteiger partial charge >= 0.3 is 6.03 Å². The molecule has 8 heteroatoms. The van der Waals surface area contributed by atoms with Crippen molar-refractivity contribution >= 4 is 34.5 Å². The third kappa shape index (κ3) is 1.30. The van der Waals surface area contributed by atoms with Gasteiger partial charge in [0.2, 0.25) is 11.0 Å². The van der Waals surface area contributed by atoms with E-state index in [9.17, 15) is 14.4 Å². The van der Waals surface area contributed by atoms with Crippen molar-refractivity contribution in [3.8, 4) is 0 Å². The Labute approximate surface area is 100.0 Å². The SMILES string of the molecule is Cc1nsc(N2C(=O)NC(=O)C3(CC3)C2=O)n1. The molecule has 7 nitrogen and oxygen atoms in total. The quantitative estimate of drug-likeness (QED) is 0.721. The molecule has 1 N–H and O–H groups in total. The van der Waals surface area contributed by atoms with Gasteiger partial charge in [-0.05, 0) is 19.8 Å². The predicted molar refractivity (Wildman–Crippen MR) is 57.3 cm³/mol. The highest BCUT2D eigenvalue weighted by Crippen LogP contribution is 2.49. The van der Waals surface area contributed by atoms with Gasteiger partial charge in [0.1, 0.15) is 11.2 Å². The van der Waals surface area contributed by atoms with Crippen LogP contribution >= 0.6 is 11.5 Å². The highest BCUT2D eigenvalue weighted by Gasteiger charge is 2.63. The summed E-state index contributed by atoms with van der Waals surface area (Å²) < 4.78 is 3.92. The van der Waals surface area contributed by atoms with Crippen LogP contribution in [-0.4, -0.2) is 27.2 Å². The summed E-state index contributed by atoms with van der Waals surface area (Å²) in [4.78, 5) is 40.3. The van der Waals surface area contributed by atoms with Crippen LogP contribution in [0, 0.1) is 12.3 Å². The van der Waals surface area contributed by atoms with Crippen LogP contribution in [0.1, 0.15) is 18.7 Å². The lowest BCUT2D eigenvalue weighted by Gasteiger charge is -2.27. The average molecular weight is 252 g/mol. The van der Waals surface area contributed by atoms with Crippen molar-refractivity contribution < 1.29 is 14.4 Å². The first-order chi connectivity index (χ1) is 8.04. The number of carbonyl (C=O) groups excluding carboxylic acids is 3. The number of hydrogen-bond acceptors (Lipinski definition) is 6. The minimum Gasteiger partial charge on any atom is -0.276 e. The first-order valence-electron chi connectivity index (χ1n) is 5.05. The summed E-state index contributed by atoms with van der Waals surface area (Å²) in [5, 5.41) is 2.40. The molecule has 2 fully saturated rings. The Bertz CT molecular complexity index is 548. The lowest BCUT2D eigenvalue weighted by Crippen LogP contribution is -2.59. The van der Waals surface area contributed by atoms with Crippen LogP contribution in [0.2, 0.25) is 0 Å². The molecule has 3 rings (SSSR count). The molecule has 17 heavy (non-hydrogen) atoms. The summed E-state index contributed by atoms with van der Waals surface area (Å²) in [5.74, 6) is -0.486. The number of barbiturate groups is 1. The molecule has 1 aromatic rings. The number of imide groups is 2. The molecule has 88 valence electrons. The summed E-state index contributed by atoms with van der Waals surface area (Å²) in [7, 11) is 0. The number of aromatic nitrogens is 2. The fraction of sp³-hybridized carbons (Fsp3) is 0.444. The zero-order valence-electron chi connectivity index (χ0n) is 8.89. The Kier molecular flexibility index (Phi) is 1.88. The van der Waals surface area contributed by atoms with Crippen molar-refractivity contribution in [3.63, 3.8) is 0 Å². The topological polar surface area (TPSA) is 92.3 Å². The van der Waals surface area contributed by atoms with Gasteiger partial charge in [-0.15, -0.1) is 0 Å². The molecule has 0 radical (unpaired) electrons. The molecule has 1 spiro atoms. The smallest absolute Gasteiger partial charge is 0.276 e. The molecule has 0 bridgehead atoms. The van der Waals surface area contributed by atoms with E-state index >= 15 is 0 Å². The Hall–Kier alpha value is -1.83. The summed E-state index contributed by atoms with van der Waals surface area (Å²) >= 11 is 0.965. The minimum atomic E-state index is -1.03. The molecule has 0 atom stereocenters. The average Bonchev–Trinajstić information content (AvgIpc) is 2.96. The van der Waals surface area contributed by atoms with Gasteiger partial charge in [0, 0.05) is 11.5 Å². The van der Waals surface area contributed by atoms with Gasteiger partial charge in [-0.25, -0.2) is 14.7 Å². The van der Waals surface area contributed by atoms with Gasteiger partial charge < -0.3 is 0 Å². The van der Waals surface area contributed by atoms with Crippen molar-refractivity contribution in [2.75, 3.05) is 4.90 Å². The monoisotopic (exact) mass is 252 g/mol. The van der Waals surface area contributed by atoms with Gasteiger partial charge in [-0.2, -0.15) is 4.37 Å². The second kappa shape index (κ2) is 3.10. The van der Waals surface area contributed by atoms with Crippen molar-refractivity contribution in [1.29, 1.82) is 0 Å². The number of urea groups is 1. The third-order valence-electron chi connectivity index (χ3n) is 2.93. The van der Waals surface area contributed by atoms with Crippen molar-refractivity contribution in [2.24, 2.45) is 5.41 Å². The second-order valence-electron chi connectivity index (χ2n) is 4.11. The molecule has 2 heterocycles. The molecule has 1 aliphatic heterocycles. The maximum absolute atomic E-state index is 12.1. The Morgan fingerprint density at radius 3 is 2.59 bits per heavy atom. The fourth-order valence-electron chi connectivity index (χ4n) is 1.79. The first kappa shape index (κ1) is 10.3. The fourth-order valence-corrected chi connectivity index (χ4v) is 2.47. The molecular formula is C9H8N4O3S. The molecule has 1 saturated carbocycles. The van der Waals surface area contributed by atoms with Gasteiger partial charge in [0.05, 0.1) is 0 Å². The second-order valence-corrected chi connectivity index (χ2v) is 4.84. The molecular weight excluding hydrogens is 244 g/mol. The zero-order chi connectivity index (χ0) is 12.2. The van der Waals surface area contributed by atoms with E-state index in [1.165, 1.54) is 0 Å². The lowest BCUT2D eigenvalue weighted by molar-refractivity contribution is -0.136. The number of anilines is 1. The summed E-state index contributed by atoms with van der Waals surface area (Å²) in [5.41, 5.74) is -1.03. The van der Waals surface area contributed by atoms with E-state index in [-0.39, 0.29) is 5.13 Å².